The zero-order valence-corrected chi connectivity index (χ0v) is 16.4. The van der Waals surface area contributed by atoms with Crippen molar-refractivity contribution in [2.45, 2.75) is 38.1 Å². The summed E-state index contributed by atoms with van der Waals surface area (Å²) in [4.78, 5) is 17.1. The first-order chi connectivity index (χ1) is 13.1. The summed E-state index contributed by atoms with van der Waals surface area (Å²) in [5.74, 6) is 1.71. The van der Waals surface area contributed by atoms with Crippen LogP contribution in [0.25, 0.3) is 0 Å². The van der Waals surface area contributed by atoms with Gasteiger partial charge < -0.3 is 5.32 Å². The molecule has 1 aromatic carbocycles. The van der Waals surface area contributed by atoms with Crippen molar-refractivity contribution in [1.82, 2.24) is 15.1 Å². The van der Waals surface area contributed by atoms with Crippen LogP contribution >= 0.6 is 0 Å². The number of likely N-dealkylation sites (tertiary alicyclic amines) is 2. The number of fused-ring (bicyclic) bond motifs is 1. The Hall–Kier alpha value is -1.46. The zero-order valence-electron chi connectivity index (χ0n) is 16.4. The number of hydrogen-bond donors (Lipinski definition) is 1. The Labute approximate surface area is 162 Å². The quantitative estimate of drug-likeness (QED) is 0.862. The number of nitrogens with one attached hydrogen (secondary N) is 1. The fraction of sp³-hybridized carbons (Fsp3) is 0.682. The Bertz CT molecular complexity index is 661. The van der Waals surface area contributed by atoms with Gasteiger partial charge in [-0.15, -0.1) is 0 Å². The first kappa shape index (κ1) is 18.9. The van der Waals surface area contributed by atoms with Crippen LogP contribution in [0.5, 0.6) is 0 Å². The molecular formula is C22H32FN3O. The van der Waals surface area contributed by atoms with Crippen molar-refractivity contribution in [3.63, 3.8) is 0 Å². The Morgan fingerprint density at radius 2 is 2.00 bits per heavy atom. The van der Waals surface area contributed by atoms with Crippen LogP contribution in [-0.4, -0.2) is 55.5 Å². The number of hydrogen-bond acceptors (Lipinski definition) is 3. The SMILES string of the molecule is CN1C[C@H]2CN(CC(=O)NCC3CCCCC3)C[C@H]2[C@@H]1c1cccc(F)c1. The minimum Gasteiger partial charge on any atom is -0.355 e. The molecule has 27 heavy (non-hydrogen) atoms. The Morgan fingerprint density at radius 3 is 2.78 bits per heavy atom. The number of benzene rings is 1. The molecule has 3 atom stereocenters. The van der Waals surface area contributed by atoms with Crippen molar-refractivity contribution >= 4 is 5.91 Å². The van der Waals surface area contributed by atoms with Crippen LogP contribution in [0.1, 0.15) is 43.7 Å². The predicted octanol–water partition coefficient (Wildman–Crippen LogP) is 3.06. The molecule has 5 heteroatoms. The lowest BCUT2D eigenvalue weighted by atomic mass is 9.89. The van der Waals surface area contributed by atoms with Crippen molar-refractivity contribution < 1.29 is 9.18 Å². The molecule has 4 rings (SSSR count). The van der Waals surface area contributed by atoms with Gasteiger partial charge in [0.1, 0.15) is 5.82 Å². The molecule has 0 radical (unpaired) electrons. The lowest BCUT2D eigenvalue weighted by molar-refractivity contribution is -0.122. The van der Waals surface area contributed by atoms with Crippen molar-refractivity contribution in [3.05, 3.63) is 35.6 Å². The summed E-state index contributed by atoms with van der Waals surface area (Å²) in [7, 11) is 2.13. The molecule has 2 saturated heterocycles. The van der Waals surface area contributed by atoms with E-state index in [2.05, 4.69) is 22.2 Å². The number of amides is 1. The summed E-state index contributed by atoms with van der Waals surface area (Å²) < 4.78 is 13.7. The Morgan fingerprint density at radius 1 is 1.19 bits per heavy atom. The predicted molar refractivity (Wildman–Crippen MR) is 105 cm³/mol. The topological polar surface area (TPSA) is 35.6 Å². The molecule has 0 spiro atoms. The minimum absolute atomic E-state index is 0.163. The molecule has 2 aliphatic heterocycles. The van der Waals surface area contributed by atoms with Gasteiger partial charge >= 0.3 is 0 Å². The lowest BCUT2D eigenvalue weighted by Gasteiger charge is -2.27. The average Bonchev–Trinajstić information content (AvgIpc) is 3.16. The monoisotopic (exact) mass is 373 g/mol. The second-order valence-electron chi connectivity index (χ2n) is 8.87. The van der Waals surface area contributed by atoms with E-state index in [4.69, 9.17) is 0 Å². The van der Waals surface area contributed by atoms with Crippen LogP contribution < -0.4 is 5.32 Å². The zero-order chi connectivity index (χ0) is 18.8. The van der Waals surface area contributed by atoms with E-state index in [-0.39, 0.29) is 17.8 Å². The molecule has 1 amide bonds. The minimum atomic E-state index is -0.165. The van der Waals surface area contributed by atoms with Gasteiger partial charge in [-0.2, -0.15) is 0 Å². The fourth-order valence-corrected chi connectivity index (χ4v) is 5.58. The highest BCUT2D eigenvalue weighted by atomic mass is 19.1. The molecule has 1 aliphatic carbocycles. The third kappa shape index (κ3) is 4.35. The molecule has 1 saturated carbocycles. The highest BCUT2D eigenvalue weighted by Crippen LogP contribution is 2.43. The maximum Gasteiger partial charge on any atom is 0.234 e. The summed E-state index contributed by atoms with van der Waals surface area (Å²) in [6.07, 6.45) is 6.49. The van der Waals surface area contributed by atoms with Crippen molar-refractivity contribution in [1.29, 1.82) is 0 Å². The molecule has 3 fully saturated rings. The van der Waals surface area contributed by atoms with Crippen LogP contribution in [0.3, 0.4) is 0 Å². The molecule has 1 N–H and O–H groups in total. The van der Waals surface area contributed by atoms with E-state index in [0.29, 0.717) is 24.3 Å². The van der Waals surface area contributed by atoms with Gasteiger partial charge in [-0.3, -0.25) is 14.6 Å². The Kier molecular flexibility index (Phi) is 5.79. The highest BCUT2D eigenvalue weighted by molar-refractivity contribution is 5.78. The molecule has 0 unspecified atom stereocenters. The van der Waals surface area contributed by atoms with Crippen LogP contribution in [0.4, 0.5) is 4.39 Å². The van der Waals surface area contributed by atoms with E-state index in [9.17, 15) is 9.18 Å². The smallest absolute Gasteiger partial charge is 0.234 e. The summed E-state index contributed by atoms with van der Waals surface area (Å²) in [6.45, 7) is 4.25. The molecule has 3 aliphatic rings. The van der Waals surface area contributed by atoms with Gasteiger partial charge in [-0.1, -0.05) is 31.4 Å². The first-order valence-corrected chi connectivity index (χ1v) is 10.5. The van der Waals surface area contributed by atoms with Crippen molar-refractivity contribution in [2.24, 2.45) is 17.8 Å². The van der Waals surface area contributed by atoms with Crippen molar-refractivity contribution in [3.8, 4) is 0 Å². The highest BCUT2D eigenvalue weighted by Gasteiger charge is 2.46. The average molecular weight is 374 g/mol. The number of halogens is 1. The van der Waals surface area contributed by atoms with Gasteiger partial charge in [0, 0.05) is 32.2 Å². The van der Waals surface area contributed by atoms with E-state index in [0.717, 1.165) is 31.7 Å². The molecule has 148 valence electrons. The molecule has 2 heterocycles. The molecule has 0 bridgehead atoms. The van der Waals surface area contributed by atoms with Gasteiger partial charge in [0.25, 0.3) is 0 Å². The molecule has 1 aromatic rings. The first-order valence-electron chi connectivity index (χ1n) is 10.5. The summed E-state index contributed by atoms with van der Waals surface area (Å²) in [6, 6.07) is 7.26. The molecule has 0 aromatic heterocycles. The number of carbonyl (C=O) groups excluding carboxylic acids is 1. The van der Waals surface area contributed by atoms with E-state index in [1.165, 1.54) is 38.2 Å². The van der Waals surface area contributed by atoms with Gasteiger partial charge in [-0.25, -0.2) is 4.39 Å². The van der Waals surface area contributed by atoms with Crippen LogP contribution in [-0.2, 0) is 4.79 Å². The van der Waals surface area contributed by atoms with Gasteiger partial charge in [0.05, 0.1) is 6.54 Å². The van der Waals surface area contributed by atoms with E-state index in [1.54, 1.807) is 12.1 Å². The lowest BCUT2D eigenvalue weighted by Crippen LogP contribution is -2.39. The van der Waals surface area contributed by atoms with E-state index < -0.39 is 0 Å². The van der Waals surface area contributed by atoms with Gasteiger partial charge in [0.2, 0.25) is 5.91 Å². The maximum absolute atomic E-state index is 13.7. The Balaban J connectivity index is 1.31. The standard InChI is InChI=1S/C22H32FN3O/c1-25-12-18-13-26(15-21(27)24-11-16-6-3-2-4-7-16)14-20(18)22(25)17-8-5-9-19(23)10-17/h5,8-10,16,18,20,22H,2-4,6-7,11-15H2,1H3,(H,24,27)/t18-,20+,22-/m0/s1. The second kappa shape index (κ2) is 8.27. The number of nitrogens with zero attached hydrogens (tertiary/aromatic N) is 2. The second-order valence-corrected chi connectivity index (χ2v) is 8.87. The van der Waals surface area contributed by atoms with Gasteiger partial charge in [0.15, 0.2) is 0 Å². The van der Waals surface area contributed by atoms with E-state index in [1.807, 2.05) is 6.07 Å². The van der Waals surface area contributed by atoms with Crippen molar-refractivity contribution in [2.75, 3.05) is 39.8 Å². The summed E-state index contributed by atoms with van der Waals surface area (Å²) in [5.41, 5.74) is 1.06. The number of rotatable bonds is 5. The largest absolute Gasteiger partial charge is 0.355 e. The van der Waals surface area contributed by atoms with Crippen LogP contribution in [0.15, 0.2) is 24.3 Å². The molecular weight excluding hydrogens is 341 g/mol. The van der Waals surface area contributed by atoms with Gasteiger partial charge in [-0.05, 0) is 55.3 Å². The fourth-order valence-electron chi connectivity index (χ4n) is 5.58. The van der Waals surface area contributed by atoms with Crippen LogP contribution in [0.2, 0.25) is 0 Å². The van der Waals surface area contributed by atoms with E-state index >= 15 is 0 Å². The van der Waals surface area contributed by atoms with Crippen LogP contribution in [0, 0.1) is 23.6 Å². The third-order valence-corrected chi connectivity index (χ3v) is 6.84. The third-order valence-electron chi connectivity index (χ3n) is 6.84. The normalized spacial score (nSPS) is 29.8. The maximum atomic E-state index is 13.7. The molecule has 4 nitrogen and oxygen atoms in total. The summed E-state index contributed by atoms with van der Waals surface area (Å²) >= 11 is 0. The number of carbonyl (C=O) groups is 1. The summed E-state index contributed by atoms with van der Waals surface area (Å²) in [5, 5.41) is 3.16.